The van der Waals surface area contributed by atoms with Crippen LogP contribution in [-0.4, -0.2) is 16.5 Å². The molecule has 2 heterocycles. The third-order valence-corrected chi connectivity index (χ3v) is 4.29. The highest BCUT2D eigenvalue weighted by atomic mass is 15.0. The van der Waals surface area contributed by atoms with Crippen LogP contribution in [0.25, 0.3) is 22.4 Å². The maximum absolute atomic E-state index is 4.54. The first-order chi connectivity index (χ1) is 10.9. The van der Waals surface area contributed by atoms with Gasteiger partial charge in [0.05, 0.1) is 17.9 Å². The van der Waals surface area contributed by atoms with Gasteiger partial charge >= 0.3 is 0 Å². The SMILES string of the molecule is c1ccc(-c2ccc(-c3cnc(C4CCCN4)[nH]3)cc2)cc1. The molecule has 1 saturated heterocycles. The van der Waals surface area contributed by atoms with Gasteiger partial charge in [0.2, 0.25) is 0 Å². The average Bonchev–Trinajstić information content (AvgIpc) is 3.27. The molecule has 0 bridgehead atoms. The molecule has 1 fully saturated rings. The van der Waals surface area contributed by atoms with Gasteiger partial charge in [-0.25, -0.2) is 4.98 Å². The molecule has 1 atom stereocenters. The lowest BCUT2D eigenvalue weighted by atomic mass is 10.0. The van der Waals surface area contributed by atoms with E-state index in [9.17, 15) is 0 Å². The Morgan fingerprint density at radius 2 is 1.59 bits per heavy atom. The van der Waals surface area contributed by atoms with Crippen molar-refractivity contribution in [3.63, 3.8) is 0 Å². The van der Waals surface area contributed by atoms with Crippen LogP contribution in [0.5, 0.6) is 0 Å². The van der Waals surface area contributed by atoms with Crippen LogP contribution < -0.4 is 5.32 Å². The molecule has 1 aliphatic heterocycles. The van der Waals surface area contributed by atoms with Gasteiger partial charge in [0.25, 0.3) is 0 Å². The van der Waals surface area contributed by atoms with Gasteiger partial charge in [0.1, 0.15) is 5.82 Å². The molecule has 0 radical (unpaired) electrons. The van der Waals surface area contributed by atoms with Gasteiger partial charge in [-0.3, -0.25) is 0 Å². The summed E-state index contributed by atoms with van der Waals surface area (Å²) in [4.78, 5) is 7.99. The number of benzene rings is 2. The zero-order chi connectivity index (χ0) is 14.8. The van der Waals surface area contributed by atoms with Crippen LogP contribution in [0.1, 0.15) is 24.7 Å². The van der Waals surface area contributed by atoms with Crippen LogP contribution in [0.15, 0.2) is 60.8 Å². The molecule has 3 heteroatoms. The molecule has 22 heavy (non-hydrogen) atoms. The Balaban J connectivity index is 1.58. The van der Waals surface area contributed by atoms with E-state index in [0.29, 0.717) is 6.04 Å². The van der Waals surface area contributed by atoms with Crippen molar-refractivity contribution >= 4 is 0 Å². The van der Waals surface area contributed by atoms with Gasteiger partial charge in [-0.15, -0.1) is 0 Å². The molecular weight excluding hydrogens is 270 g/mol. The Bertz CT molecular complexity index is 738. The summed E-state index contributed by atoms with van der Waals surface area (Å²) < 4.78 is 0. The van der Waals surface area contributed by atoms with E-state index in [1.54, 1.807) is 0 Å². The molecule has 0 saturated carbocycles. The average molecular weight is 289 g/mol. The van der Waals surface area contributed by atoms with Crippen molar-refractivity contribution < 1.29 is 0 Å². The highest BCUT2D eigenvalue weighted by molar-refractivity contribution is 5.68. The number of aromatic nitrogens is 2. The predicted molar refractivity (Wildman–Crippen MR) is 89.4 cm³/mol. The minimum absolute atomic E-state index is 0.386. The zero-order valence-corrected chi connectivity index (χ0v) is 12.4. The third-order valence-electron chi connectivity index (χ3n) is 4.29. The summed E-state index contributed by atoms with van der Waals surface area (Å²) in [6, 6.07) is 19.5. The van der Waals surface area contributed by atoms with E-state index < -0.39 is 0 Å². The number of H-pyrrole nitrogens is 1. The highest BCUT2D eigenvalue weighted by Crippen LogP contribution is 2.26. The zero-order valence-electron chi connectivity index (χ0n) is 12.4. The van der Waals surface area contributed by atoms with Gasteiger partial charge in [-0.2, -0.15) is 0 Å². The molecule has 0 aliphatic carbocycles. The first-order valence-corrected chi connectivity index (χ1v) is 7.84. The third kappa shape index (κ3) is 2.55. The molecule has 1 aliphatic rings. The van der Waals surface area contributed by atoms with Crippen LogP contribution in [0, 0.1) is 0 Å². The second-order valence-electron chi connectivity index (χ2n) is 5.77. The summed E-state index contributed by atoms with van der Waals surface area (Å²) in [5.41, 5.74) is 4.75. The normalized spacial score (nSPS) is 17.7. The second-order valence-corrected chi connectivity index (χ2v) is 5.77. The van der Waals surface area contributed by atoms with Crippen molar-refractivity contribution in [2.24, 2.45) is 0 Å². The van der Waals surface area contributed by atoms with E-state index in [0.717, 1.165) is 18.1 Å². The molecule has 110 valence electrons. The topological polar surface area (TPSA) is 40.7 Å². The first-order valence-electron chi connectivity index (χ1n) is 7.84. The number of hydrogen-bond donors (Lipinski definition) is 2. The van der Waals surface area contributed by atoms with Gasteiger partial charge in [-0.05, 0) is 36.1 Å². The Hall–Kier alpha value is -2.39. The summed E-state index contributed by atoms with van der Waals surface area (Å²) in [5.74, 6) is 1.06. The number of aromatic amines is 1. The summed E-state index contributed by atoms with van der Waals surface area (Å²) in [6.07, 6.45) is 4.33. The van der Waals surface area contributed by atoms with Crippen molar-refractivity contribution in [2.45, 2.75) is 18.9 Å². The summed E-state index contributed by atoms with van der Waals surface area (Å²) >= 11 is 0. The summed E-state index contributed by atoms with van der Waals surface area (Å²) in [7, 11) is 0. The van der Waals surface area contributed by atoms with Crippen LogP contribution in [0.4, 0.5) is 0 Å². The lowest BCUT2D eigenvalue weighted by molar-refractivity contribution is 0.613. The summed E-state index contributed by atoms with van der Waals surface area (Å²) in [6.45, 7) is 1.09. The number of hydrogen-bond acceptors (Lipinski definition) is 2. The molecule has 4 rings (SSSR count). The molecule has 2 aromatic carbocycles. The van der Waals surface area contributed by atoms with Gasteiger partial charge in [0, 0.05) is 0 Å². The number of nitrogens with one attached hydrogen (secondary N) is 2. The fraction of sp³-hybridized carbons (Fsp3) is 0.211. The number of nitrogens with zero attached hydrogens (tertiary/aromatic N) is 1. The fourth-order valence-corrected chi connectivity index (χ4v) is 3.05. The molecule has 3 nitrogen and oxygen atoms in total. The monoisotopic (exact) mass is 289 g/mol. The van der Waals surface area contributed by atoms with Crippen molar-refractivity contribution in [3.05, 3.63) is 66.6 Å². The predicted octanol–water partition coefficient (Wildman–Crippen LogP) is 4.17. The van der Waals surface area contributed by atoms with E-state index in [1.807, 2.05) is 12.3 Å². The first kappa shape index (κ1) is 13.3. The van der Waals surface area contributed by atoms with Crippen molar-refractivity contribution in [3.8, 4) is 22.4 Å². The standard InChI is InChI=1S/C19H19N3/c1-2-5-14(6-3-1)15-8-10-16(11-9-15)18-13-21-19(22-18)17-7-4-12-20-17/h1-3,5-6,8-11,13,17,20H,4,7,12H2,(H,21,22). The Labute approximate surface area is 130 Å². The van der Waals surface area contributed by atoms with E-state index in [1.165, 1.54) is 29.5 Å². The van der Waals surface area contributed by atoms with Crippen LogP contribution in [-0.2, 0) is 0 Å². The molecule has 1 unspecified atom stereocenters. The van der Waals surface area contributed by atoms with Crippen LogP contribution >= 0.6 is 0 Å². The smallest absolute Gasteiger partial charge is 0.123 e. The van der Waals surface area contributed by atoms with Crippen molar-refractivity contribution in [1.82, 2.24) is 15.3 Å². The fourth-order valence-electron chi connectivity index (χ4n) is 3.05. The Morgan fingerprint density at radius 3 is 2.32 bits per heavy atom. The minimum Gasteiger partial charge on any atom is -0.341 e. The lowest BCUT2D eigenvalue weighted by Crippen LogP contribution is -2.14. The largest absolute Gasteiger partial charge is 0.341 e. The second kappa shape index (κ2) is 5.78. The highest BCUT2D eigenvalue weighted by Gasteiger charge is 2.19. The van der Waals surface area contributed by atoms with E-state index in [-0.39, 0.29) is 0 Å². The Morgan fingerprint density at radius 1 is 0.864 bits per heavy atom. The molecule has 1 aromatic heterocycles. The molecular formula is C19H19N3. The van der Waals surface area contributed by atoms with Crippen molar-refractivity contribution in [1.29, 1.82) is 0 Å². The number of imidazole rings is 1. The lowest BCUT2D eigenvalue weighted by Gasteiger charge is -2.06. The Kier molecular flexibility index (Phi) is 3.49. The summed E-state index contributed by atoms with van der Waals surface area (Å²) in [5, 5.41) is 3.47. The van der Waals surface area contributed by atoms with Gasteiger partial charge < -0.3 is 10.3 Å². The molecule has 3 aromatic rings. The van der Waals surface area contributed by atoms with Gasteiger partial charge in [-0.1, -0.05) is 54.6 Å². The minimum atomic E-state index is 0.386. The van der Waals surface area contributed by atoms with E-state index >= 15 is 0 Å². The maximum atomic E-state index is 4.54. The van der Waals surface area contributed by atoms with Crippen LogP contribution in [0.2, 0.25) is 0 Å². The van der Waals surface area contributed by atoms with Crippen molar-refractivity contribution in [2.75, 3.05) is 6.54 Å². The van der Waals surface area contributed by atoms with Gasteiger partial charge in [0.15, 0.2) is 0 Å². The number of rotatable bonds is 3. The molecule has 0 spiro atoms. The van der Waals surface area contributed by atoms with E-state index in [2.05, 4.69) is 63.8 Å². The molecule has 0 amide bonds. The quantitative estimate of drug-likeness (QED) is 0.760. The van der Waals surface area contributed by atoms with Crippen LogP contribution in [0.3, 0.4) is 0 Å². The maximum Gasteiger partial charge on any atom is 0.123 e. The van der Waals surface area contributed by atoms with E-state index in [4.69, 9.17) is 0 Å². The molecule has 2 N–H and O–H groups in total.